The standard InChI is InChI=1S/C15H17N3O4/c1-2-16-8-4-5-10(9-16)17-14(19)11-6-3-7-12(18(21)22)13(11)15(17)20/h3,6-7,10H,2,4-5,8-9H2,1H3. The van der Waals surface area contributed by atoms with Gasteiger partial charge in [0.05, 0.1) is 16.5 Å². The zero-order chi connectivity index (χ0) is 15.9. The van der Waals surface area contributed by atoms with Gasteiger partial charge in [-0.25, -0.2) is 0 Å². The van der Waals surface area contributed by atoms with Crippen molar-refractivity contribution in [2.45, 2.75) is 25.8 Å². The number of likely N-dealkylation sites (tertiary alicyclic amines) is 1. The second-order valence-corrected chi connectivity index (χ2v) is 5.63. The Morgan fingerprint density at radius 1 is 1.32 bits per heavy atom. The highest BCUT2D eigenvalue weighted by molar-refractivity contribution is 6.23. The van der Waals surface area contributed by atoms with Gasteiger partial charge in [0.15, 0.2) is 0 Å². The lowest BCUT2D eigenvalue weighted by molar-refractivity contribution is -0.385. The van der Waals surface area contributed by atoms with Crippen molar-refractivity contribution in [1.29, 1.82) is 0 Å². The van der Waals surface area contributed by atoms with Gasteiger partial charge in [-0.2, -0.15) is 0 Å². The van der Waals surface area contributed by atoms with Crippen LogP contribution in [0.4, 0.5) is 5.69 Å². The molecule has 0 aliphatic carbocycles. The van der Waals surface area contributed by atoms with Crippen LogP contribution >= 0.6 is 0 Å². The van der Waals surface area contributed by atoms with Crippen molar-refractivity contribution in [1.82, 2.24) is 9.80 Å². The molecule has 7 nitrogen and oxygen atoms in total. The zero-order valence-corrected chi connectivity index (χ0v) is 12.3. The fraction of sp³-hybridized carbons (Fsp3) is 0.467. The average molecular weight is 303 g/mol. The number of imide groups is 1. The molecule has 1 aromatic rings. The number of fused-ring (bicyclic) bond motifs is 1. The number of nitro groups is 1. The molecule has 3 rings (SSSR count). The predicted molar refractivity (Wildman–Crippen MR) is 78.7 cm³/mol. The van der Waals surface area contributed by atoms with Crippen molar-refractivity contribution < 1.29 is 14.5 Å². The van der Waals surface area contributed by atoms with Crippen molar-refractivity contribution in [2.24, 2.45) is 0 Å². The Kier molecular flexibility index (Phi) is 3.66. The number of likely N-dealkylation sites (N-methyl/N-ethyl adjacent to an activating group) is 1. The Morgan fingerprint density at radius 2 is 2.09 bits per heavy atom. The molecule has 116 valence electrons. The summed E-state index contributed by atoms with van der Waals surface area (Å²) in [7, 11) is 0. The van der Waals surface area contributed by atoms with E-state index in [1.165, 1.54) is 23.1 Å². The van der Waals surface area contributed by atoms with Crippen LogP contribution in [0.1, 0.15) is 40.5 Å². The number of amides is 2. The number of rotatable bonds is 3. The van der Waals surface area contributed by atoms with Crippen LogP contribution in [0.2, 0.25) is 0 Å². The lowest BCUT2D eigenvalue weighted by Crippen LogP contribution is -2.50. The third-order valence-corrected chi connectivity index (χ3v) is 4.41. The van der Waals surface area contributed by atoms with Gasteiger partial charge in [-0.3, -0.25) is 24.6 Å². The minimum Gasteiger partial charge on any atom is -0.302 e. The van der Waals surface area contributed by atoms with Crippen LogP contribution in [0.25, 0.3) is 0 Å². The van der Waals surface area contributed by atoms with Crippen LogP contribution in [0.5, 0.6) is 0 Å². The summed E-state index contributed by atoms with van der Waals surface area (Å²) in [5, 5.41) is 11.1. The normalized spacial score (nSPS) is 22.0. The molecule has 2 heterocycles. The minimum atomic E-state index is -0.604. The van der Waals surface area contributed by atoms with E-state index in [4.69, 9.17) is 0 Å². The summed E-state index contributed by atoms with van der Waals surface area (Å²) in [5.74, 6) is -0.943. The first-order chi connectivity index (χ1) is 10.5. The maximum atomic E-state index is 12.6. The van der Waals surface area contributed by atoms with Gasteiger partial charge in [0.1, 0.15) is 5.56 Å². The lowest BCUT2D eigenvalue weighted by Gasteiger charge is -2.35. The predicted octanol–water partition coefficient (Wildman–Crippen LogP) is 1.68. The van der Waals surface area contributed by atoms with E-state index >= 15 is 0 Å². The number of hydrogen-bond acceptors (Lipinski definition) is 5. The van der Waals surface area contributed by atoms with Gasteiger partial charge in [-0.15, -0.1) is 0 Å². The molecule has 0 bridgehead atoms. The number of benzene rings is 1. The summed E-state index contributed by atoms with van der Waals surface area (Å²) >= 11 is 0. The summed E-state index contributed by atoms with van der Waals surface area (Å²) in [5.41, 5.74) is -0.208. The molecule has 1 unspecified atom stereocenters. The molecule has 0 radical (unpaired) electrons. The molecule has 1 saturated heterocycles. The summed E-state index contributed by atoms with van der Waals surface area (Å²) in [6.07, 6.45) is 1.66. The number of carbonyl (C=O) groups is 2. The van der Waals surface area contributed by atoms with E-state index < -0.39 is 16.7 Å². The molecule has 0 N–H and O–H groups in total. The van der Waals surface area contributed by atoms with Crippen molar-refractivity contribution in [2.75, 3.05) is 19.6 Å². The molecule has 2 aliphatic rings. The highest BCUT2D eigenvalue weighted by Gasteiger charge is 2.44. The van der Waals surface area contributed by atoms with E-state index in [-0.39, 0.29) is 22.9 Å². The lowest BCUT2D eigenvalue weighted by atomic mass is 10.0. The van der Waals surface area contributed by atoms with Gasteiger partial charge in [0.25, 0.3) is 17.5 Å². The molecule has 7 heteroatoms. The summed E-state index contributed by atoms with van der Waals surface area (Å²) in [6.45, 7) is 4.49. The molecule has 1 atom stereocenters. The van der Waals surface area contributed by atoms with E-state index in [1.54, 1.807) is 0 Å². The van der Waals surface area contributed by atoms with Gasteiger partial charge in [-0.1, -0.05) is 13.0 Å². The molecule has 0 spiro atoms. The van der Waals surface area contributed by atoms with Crippen LogP contribution in [0.15, 0.2) is 18.2 Å². The van der Waals surface area contributed by atoms with Crippen LogP contribution in [0.3, 0.4) is 0 Å². The minimum absolute atomic E-state index is 0.0638. The Morgan fingerprint density at radius 3 is 2.77 bits per heavy atom. The van der Waals surface area contributed by atoms with Crippen LogP contribution in [-0.4, -0.2) is 52.2 Å². The zero-order valence-electron chi connectivity index (χ0n) is 12.3. The number of nitrogens with zero attached hydrogens (tertiary/aromatic N) is 3. The van der Waals surface area contributed by atoms with Gasteiger partial charge in [0.2, 0.25) is 0 Å². The van der Waals surface area contributed by atoms with Gasteiger partial charge in [0, 0.05) is 12.6 Å². The first-order valence-electron chi connectivity index (χ1n) is 7.42. The number of hydrogen-bond donors (Lipinski definition) is 0. The third-order valence-electron chi connectivity index (χ3n) is 4.41. The van der Waals surface area contributed by atoms with E-state index in [0.717, 1.165) is 25.9 Å². The van der Waals surface area contributed by atoms with Crippen molar-refractivity contribution in [3.05, 3.63) is 39.4 Å². The van der Waals surface area contributed by atoms with Crippen LogP contribution in [-0.2, 0) is 0 Å². The highest BCUT2D eigenvalue weighted by atomic mass is 16.6. The molecule has 1 fully saturated rings. The van der Waals surface area contributed by atoms with E-state index in [1.807, 2.05) is 6.92 Å². The molecule has 22 heavy (non-hydrogen) atoms. The summed E-state index contributed by atoms with van der Waals surface area (Å²) < 4.78 is 0. The first-order valence-corrected chi connectivity index (χ1v) is 7.42. The average Bonchev–Trinajstić information content (AvgIpc) is 2.79. The quantitative estimate of drug-likeness (QED) is 0.482. The smallest absolute Gasteiger partial charge is 0.282 e. The van der Waals surface area contributed by atoms with E-state index in [9.17, 15) is 19.7 Å². The van der Waals surface area contributed by atoms with Crippen molar-refractivity contribution in [3.63, 3.8) is 0 Å². The van der Waals surface area contributed by atoms with Crippen LogP contribution in [0, 0.1) is 10.1 Å². The second-order valence-electron chi connectivity index (χ2n) is 5.63. The number of carbonyl (C=O) groups excluding carboxylic acids is 2. The number of nitro benzene ring substituents is 1. The molecule has 2 amide bonds. The van der Waals surface area contributed by atoms with E-state index in [0.29, 0.717) is 6.54 Å². The Balaban J connectivity index is 1.97. The molecule has 1 aromatic carbocycles. The Bertz CT molecular complexity index is 658. The fourth-order valence-corrected chi connectivity index (χ4v) is 3.30. The van der Waals surface area contributed by atoms with Gasteiger partial charge in [-0.05, 0) is 32.0 Å². The summed E-state index contributed by atoms with van der Waals surface area (Å²) in [4.78, 5) is 39.1. The topological polar surface area (TPSA) is 83.8 Å². The van der Waals surface area contributed by atoms with Gasteiger partial charge < -0.3 is 4.90 Å². The Hall–Kier alpha value is -2.28. The molecular weight excluding hydrogens is 286 g/mol. The molecular formula is C15H17N3O4. The van der Waals surface area contributed by atoms with Crippen LogP contribution < -0.4 is 0 Å². The first kappa shape index (κ1) is 14.6. The maximum Gasteiger partial charge on any atom is 0.282 e. The van der Waals surface area contributed by atoms with Gasteiger partial charge >= 0.3 is 0 Å². The van der Waals surface area contributed by atoms with E-state index in [2.05, 4.69) is 4.90 Å². The SMILES string of the molecule is CCN1CCCC(N2C(=O)c3cccc([N+](=O)[O-])c3C2=O)C1. The maximum absolute atomic E-state index is 12.6. The number of piperidine rings is 1. The molecule has 0 aromatic heterocycles. The Labute approximate surface area is 127 Å². The second kappa shape index (κ2) is 5.49. The fourth-order valence-electron chi connectivity index (χ4n) is 3.30. The monoisotopic (exact) mass is 303 g/mol. The third kappa shape index (κ3) is 2.18. The van der Waals surface area contributed by atoms with Crippen molar-refractivity contribution in [3.8, 4) is 0 Å². The molecule has 2 aliphatic heterocycles. The largest absolute Gasteiger partial charge is 0.302 e. The molecule has 0 saturated carbocycles. The van der Waals surface area contributed by atoms with Crippen molar-refractivity contribution >= 4 is 17.5 Å². The highest BCUT2D eigenvalue weighted by Crippen LogP contribution is 2.33. The summed E-state index contributed by atoms with van der Waals surface area (Å²) in [6, 6.07) is 4.00.